The van der Waals surface area contributed by atoms with Crippen LogP contribution in [0.4, 0.5) is 5.69 Å². The van der Waals surface area contributed by atoms with E-state index in [1.807, 2.05) is 0 Å². The lowest BCUT2D eigenvalue weighted by atomic mass is 10.2. The summed E-state index contributed by atoms with van der Waals surface area (Å²) >= 11 is 4.91. The molecule has 7 heteroatoms. The normalized spacial score (nSPS) is 10.6. The minimum Gasteiger partial charge on any atom is -0.331 e. The van der Waals surface area contributed by atoms with Crippen molar-refractivity contribution >= 4 is 28.8 Å². The number of fused-ring (bicyclic) bond motifs is 1. The Labute approximate surface area is 94.3 Å². The van der Waals surface area contributed by atoms with Gasteiger partial charge in [0.1, 0.15) is 5.39 Å². The van der Waals surface area contributed by atoms with E-state index in [4.69, 9.17) is 12.2 Å². The van der Waals surface area contributed by atoms with Gasteiger partial charge in [-0.3, -0.25) is 19.5 Å². The van der Waals surface area contributed by atoms with Crippen molar-refractivity contribution in [2.45, 2.75) is 0 Å². The molecule has 0 saturated carbocycles. The predicted octanol–water partition coefficient (Wildman–Crippen LogP) is 1.50. The molecule has 82 valence electrons. The van der Waals surface area contributed by atoms with Gasteiger partial charge in [-0.2, -0.15) is 0 Å². The monoisotopic (exact) mass is 237 g/mol. The maximum atomic E-state index is 11.8. The van der Waals surface area contributed by atoms with Crippen LogP contribution in [-0.2, 0) is 7.05 Å². The Morgan fingerprint density at radius 2 is 2.19 bits per heavy atom. The summed E-state index contributed by atoms with van der Waals surface area (Å²) in [6, 6.07) is 4.38. The first-order chi connectivity index (χ1) is 7.52. The van der Waals surface area contributed by atoms with E-state index < -0.39 is 10.5 Å². The van der Waals surface area contributed by atoms with Crippen molar-refractivity contribution in [1.29, 1.82) is 0 Å². The molecular formula is C9H7N3O3S. The molecule has 0 radical (unpaired) electrons. The fraction of sp³-hybridized carbons (Fsp3) is 0.111. The SMILES string of the molecule is Cn1c(=S)[nH]c2cccc([N+](=O)[O-])c2c1=O. The smallest absolute Gasteiger partial charge is 0.284 e. The van der Waals surface area contributed by atoms with Gasteiger partial charge in [-0.25, -0.2) is 0 Å². The van der Waals surface area contributed by atoms with Crippen LogP contribution in [0.2, 0.25) is 0 Å². The zero-order valence-electron chi connectivity index (χ0n) is 8.26. The highest BCUT2D eigenvalue weighted by atomic mass is 32.1. The molecule has 0 amide bonds. The topological polar surface area (TPSA) is 80.9 Å². The molecule has 2 rings (SSSR count). The van der Waals surface area contributed by atoms with Crippen LogP contribution < -0.4 is 5.56 Å². The standard InChI is InChI=1S/C9H7N3O3S/c1-11-8(13)7-5(10-9(11)16)3-2-4-6(7)12(14)15/h2-4H,1H3,(H,10,16). The molecule has 2 aromatic rings. The minimum atomic E-state index is -0.583. The lowest BCUT2D eigenvalue weighted by Crippen LogP contribution is -2.19. The highest BCUT2D eigenvalue weighted by molar-refractivity contribution is 7.71. The summed E-state index contributed by atoms with van der Waals surface area (Å²) < 4.78 is 1.41. The molecule has 0 aliphatic carbocycles. The number of nitrogens with one attached hydrogen (secondary N) is 1. The third-order valence-electron chi connectivity index (χ3n) is 2.30. The van der Waals surface area contributed by atoms with Crippen LogP contribution in [0.5, 0.6) is 0 Å². The van der Waals surface area contributed by atoms with Crippen LogP contribution in [0.3, 0.4) is 0 Å². The van der Waals surface area contributed by atoms with Gasteiger partial charge in [0.05, 0.1) is 10.4 Å². The van der Waals surface area contributed by atoms with Gasteiger partial charge >= 0.3 is 0 Å². The summed E-state index contributed by atoms with van der Waals surface area (Å²) in [5.74, 6) is 0. The van der Waals surface area contributed by atoms with Gasteiger partial charge in [0.2, 0.25) is 0 Å². The van der Waals surface area contributed by atoms with Gasteiger partial charge in [0, 0.05) is 13.1 Å². The molecule has 0 aliphatic rings. The maximum Gasteiger partial charge on any atom is 0.284 e. The van der Waals surface area contributed by atoms with Crippen LogP contribution in [-0.4, -0.2) is 14.5 Å². The van der Waals surface area contributed by atoms with Gasteiger partial charge < -0.3 is 4.98 Å². The second-order valence-corrected chi connectivity index (χ2v) is 3.64. The van der Waals surface area contributed by atoms with Gasteiger partial charge in [-0.05, 0) is 18.3 Å². The second kappa shape index (κ2) is 3.53. The Morgan fingerprint density at radius 3 is 2.81 bits per heavy atom. The fourth-order valence-electron chi connectivity index (χ4n) is 1.48. The summed E-state index contributed by atoms with van der Waals surface area (Å²) in [5, 5.41) is 10.8. The second-order valence-electron chi connectivity index (χ2n) is 3.25. The number of non-ortho nitro benzene ring substituents is 1. The van der Waals surface area contributed by atoms with Crippen LogP contribution in [0.15, 0.2) is 23.0 Å². The average Bonchev–Trinajstić information content (AvgIpc) is 2.25. The third kappa shape index (κ3) is 1.41. The van der Waals surface area contributed by atoms with Crippen molar-refractivity contribution in [3.63, 3.8) is 0 Å². The van der Waals surface area contributed by atoms with E-state index in [0.717, 1.165) is 0 Å². The van der Waals surface area contributed by atoms with Crippen LogP contribution in [0.25, 0.3) is 10.9 Å². The van der Waals surface area contributed by atoms with Crippen molar-refractivity contribution in [1.82, 2.24) is 9.55 Å². The summed E-state index contributed by atoms with van der Waals surface area (Å²) in [7, 11) is 1.47. The van der Waals surface area contributed by atoms with Crippen molar-refractivity contribution < 1.29 is 4.92 Å². The van der Waals surface area contributed by atoms with Crippen molar-refractivity contribution in [2.75, 3.05) is 0 Å². The van der Waals surface area contributed by atoms with Gasteiger partial charge in [0.15, 0.2) is 4.77 Å². The molecule has 1 aromatic carbocycles. The van der Waals surface area contributed by atoms with Crippen molar-refractivity contribution in [2.24, 2.45) is 7.05 Å². The van der Waals surface area contributed by atoms with E-state index in [2.05, 4.69) is 4.98 Å². The van der Waals surface area contributed by atoms with Gasteiger partial charge in [-0.1, -0.05) is 6.07 Å². The number of nitro groups is 1. The number of hydrogen-bond acceptors (Lipinski definition) is 4. The van der Waals surface area contributed by atoms with Gasteiger partial charge in [0.25, 0.3) is 11.2 Å². The highest BCUT2D eigenvalue weighted by Crippen LogP contribution is 2.19. The lowest BCUT2D eigenvalue weighted by molar-refractivity contribution is -0.383. The molecule has 1 N–H and O–H groups in total. The summed E-state index contributed by atoms with van der Waals surface area (Å²) in [4.78, 5) is 24.8. The van der Waals surface area contributed by atoms with Crippen LogP contribution >= 0.6 is 12.2 Å². The Kier molecular flexibility index (Phi) is 2.31. The molecule has 0 unspecified atom stereocenters. The van der Waals surface area contributed by atoms with E-state index in [1.165, 1.54) is 23.7 Å². The first kappa shape index (κ1) is 10.5. The molecule has 1 aromatic heterocycles. The summed E-state index contributed by atoms with van der Waals surface area (Å²) in [6.07, 6.45) is 0. The number of hydrogen-bond donors (Lipinski definition) is 1. The number of H-pyrrole nitrogens is 1. The minimum absolute atomic E-state index is 0.0450. The molecular weight excluding hydrogens is 230 g/mol. The molecule has 1 heterocycles. The van der Waals surface area contributed by atoms with Crippen molar-refractivity contribution in [3.05, 3.63) is 43.4 Å². The first-order valence-electron chi connectivity index (χ1n) is 4.39. The average molecular weight is 237 g/mol. The lowest BCUT2D eigenvalue weighted by Gasteiger charge is -2.02. The van der Waals surface area contributed by atoms with E-state index >= 15 is 0 Å². The molecule has 0 fully saturated rings. The number of aromatic amines is 1. The zero-order chi connectivity index (χ0) is 11.9. The number of nitro benzene ring substituents is 1. The maximum absolute atomic E-state index is 11.8. The van der Waals surface area contributed by atoms with Crippen molar-refractivity contribution in [3.8, 4) is 0 Å². The van der Waals surface area contributed by atoms with Crippen LogP contribution in [0, 0.1) is 14.9 Å². The molecule has 0 atom stereocenters. The molecule has 0 bridgehead atoms. The first-order valence-corrected chi connectivity index (χ1v) is 4.79. The summed E-state index contributed by atoms with van der Waals surface area (Å²) in [6.45, 7) is 0. The molecule has 16 heavy (non-hydrogen) atoms. The Morgan fingerprint density at radius 1 is 1.50 bits per heavy atom. The zero-order valence-corrected chi connectivity index (χ0v) is 9.08. The Hall–Kier alpha value is -2.02. The quantitative estimate of drug-likeness (QED) is 0.463. The predicted molar refractivity (Wildman–Crippen MR) is 61.0 cm³/mol. The third-order valence-corrected chi connectivity index (χ3v) is 2.68. The Bertz CT molecular complexity index is 701. The number of rotatable bonds is 1. The van der Waals surface area contributed by atoms with E-state index in [0.29, 0.717) is 5.52 Å². The van der Waals surface area contributed by atoms with E-state index in [1.54, 1.807) is 6.07 Å². The molecule has 0 aliphatic heterocycles. The number of benzene rings is 1. The fourth-order valence-corrected chi connectivity index (χ4v) is 1.67. The van der Waals surface area contributed by atoms with E-state index in [-0.39, 0.29) is 15.8 Å². The number of aromatic nitrogens is 2. The number of nitrogens with zero attached hydrogens (tertiary/aromatic N) is 2. The largest absolute Gasteiger partial charge is 0.331 e. The molecule has 6 nitrogen and oxygen atoms in total. The van der Waals surface area contributed by atoms with E-state index in [9.17, 15) is 14.9 Å². The Balaban J connectivity index is 3.10. The molecule has 0 saturated heterocycles. The highest BCUT2D eigenvalue weighted by Gasteiger charge is 2.15. The summed E-state index contributed by atoms with van der Waals surface area (Å²) in [5.41, 5.74) is -0.308. The van der Waals surface area contributed by atoms with Gasteiger partial charge in [-0.15, -0.1) is 0 Å². The molecule has 0 spiro atoms. The van der Waals surface area contributed by atoms with Crippen LogP contribution in [0.1, 0.15) is 0 Å².